The zero-order valence-electron chi connectivity index (χ0n) is 17.9. The number of hydrogen-bond donors (Lipinski definition) is 0. The SMILES string of the molecule is COC[C@@H]1CCCN1N1C(=O)C=CC[C@@H]1CC1(c2ccc(OC)cc2)OCCCO1. The summed E-state index contributed by atoms with van der Waals surface area (Å²) in [6, 6.07) is 8.03. The largest absolute Gasteiger partial charge is 0.497 e. The minimum atomic E-state index is -0.866. The summed E-state index contributed by atoms with van der Waals surface area (Å²) in [5.74, 6) is -0.0495. The van der Waals surface area contributed by atoms with Crippen molar-refractivity contribution in [3.8, 4) is 5.75 Å². The molecule has 2 saturated heterocycles. The Kier molecular flexibility index (Phi) is 6.73. The molecule has 0 saturated carbocycles. The topological polar surface area (TPSA) is 60.5 Å². The van der Waals surface area contributed by atoms with E-state index in [1.165, 1.54) is 0 Å². The van der Waals surface area contributed by atoms with Crippen LogP contribution in [0.15, 0.2) is 36.4 Å². The number of ether oxygens (including phenoxy) is 4. The van der Waals surface area contributed by atoms with Gasteiger partial charge in [0.2, 0.25) is 0 Å². The van der Waals surface area contributed by atoms with E-state index >= 15 is 0 Å². The van der Waals surface area contributed by atoms with Crippen molar-refractivity contribution >= 4 is 5.91 Å². The van der Waals surface area contributed by atoms with Crippen molar-refractivity contribution in [3.63, 3.8) is 0 Å². The fourth-order valence-corrected chi connectivity index (χ4v) is 4.79. The first-order chi connectivity index (χ1) is 14.7. The number of nitrogens with zero attached hydrogens (tertiary/aromatic N) is 2. The van der Waals surface area contributed by atoms with Crippen LogP contribution in [0, 0.1) is 0 Å². The molecule has 3 heterocycles. The average molecular weight is 417 g/mol. The molecule has 0 radical (unpaired) electrons. The Balaban J connectivity index is 1.61. The first kappa shape index (κ1) is 21.3. The Hall–Kier alpha value is -1.93. The van der Waals surface area contributed by atoms with Crippen molar-refractivity contribution in [1.82, 2.24) is 10.0 Å². The number of benzene rings is 1. The molecule has 2 atom stereocenters. The maximum atomic E-state index is 13.0. The predicted molar refractivity (Wildman–Crippen MR) is 112 cm³/mol. The van der Waals surface area contributed by atoms with Crippen molar-refractivity contribution in [1.29, 1.82) is 0 Å². The lowest BCUT2D eigenvalue weighted by atomic mass is 9.93. The number of methoxy groups -OCH3 is 2. The first-order valence-electron chi connectivity index (χ1n) is 10.8. The highest BCUT2D eigenvalue weighted by Crippen LogP contribution is 2.39. The van der Waals surface area contributed by atoms with Crippen molar-refractivity contribution in [2.24, 2.45) is 0 Å². The summed E-state index contributed by atoms with van der Waals surface area (Å²) in [6.07, 6.45) is 7.96. The van der Waals surface area contributed by atoms with Gasteiger partial charge < -0.3 is 18.9 Å². The molecule has 0 unspecified atom stereocenters. The van der Waals surface area contributed by atoms with Gasteiger partial charge in [0, 0.05) is 31.7 Å². The zero-order valence-corrected chi connectivity index (χ0v) is 17.9. The quantitative estimate of drug-likeness (QED) is 0.681. The van der Waals surface area contributed by atoms with Crippen LogP contribution in [0.25, 0.3) is 0 Å². The number of hydrogen-bond acceptors (Lipinski definition) is 6. The summed E-state index contributed by atoms with van der Waals surface area (Å²) < 4.78 is 23.3. The van der Waals surface area contributed by atoms with E-state index in [1.54, 1.807) is 20.3 Å². The Labute approximate surface area is 178 Å². The van der Waals surface area contributed by atoms with Crippen LogP contribution in [0.2, 0.25) is 0 Å². The van der Waals surface area contributed by atoms with E-state index in [1.807, 2.05) is 35.4 Å². The molecule has 0 aromatic heterocycles. The van der Waals surface area contributed by atoms with Gasteiger partial charge in [-0.25, -0.2) is 5.01 Å². The summed E-state index contributed by atoms with van der Waals surface area (Å²) in [5, 5.41) is 4.13. The minimum absolute atomic E-state index is 0.0231. The van der Waals surface area contributed by atoms with Crippen molar-refractivity contribution in [2.75, 3.05) is 40.6 Å². The molecular formula is C23H32N2O5. The van der Waals surface area contributed by atoms with Gasteiger partial charge in [-0.15, -0.1) is 0 Å². The Bertz CT molecular complexity index is 744. The van der Waals surface area contributed by atoms with E-state index in [0.717, 1.165) is 43.5 Å². The molecule has 7 heteroatoms. The molecule has 30 heavy (non-hydrogen) atoms. The Morgan fingerprint density at radius 3 is 2.57 bits per heavy atom. The molecule has 164 valence electrons. The summed E-state index contributed by atoms with van der Waals surface area (Å²) >= 11 is 0. The third-order valence-corrected chi connectivity index (χ3v) is 6.22. The van der Waals surface area contributed by atoms with Gasteiger partial charge in [0.25, 0.3) is 5.91 Å². The molecule has 3 aliphatic rings. The minimum Gasteiger partial charge on any atom is -0.497 e. The monoisotopic (exact) mass is 416 g/mol. The van der Waals surface area contributed by atoms with Gasteiger partial charge in [-0.3, -0.25) is 9.80 Å². The lowest BCUT2D eigenvalue weighted by Gasteiger charge is -2.46. The molecule has 7 nitrogen and oxygen atoms in total. The van der Waals surface area contributed by atoms with E-state index in [4.69, 9.17) is 18.9 Å². The molecule has 1 aromatic rings. The highest BCUT2D eigenvalue weighted by Gasteiger charge is 2.44. The van der Waals surface area contributed by atoms with E-state index in [2.05, 4.69) is 5.01 Å². The number of carbonyl (C=O) groups is 1. The van der Waals surface area contributed by atoms with Gasteiger partial charge in [-0.1, -0.05) is 6.08 Å². The molecular weight excluding hydrogens is 384 g/mol. The van der Waals surface area contributed by atoms with Crippen molar-refractivity contribution in [3.05, 3.63) is 42.0 Å². The van der Waals surface area contributed by atoms with Crippen LogP contribution in [0.5, 0.6) is 5.75 Å². The average Bonchev–Trinajstić information content (AvgIpc) is 3.22. The number of amides is 1. The standard InChI is InChI=1S/C23H32N2O5/c1-27-17-20-7-4-13-24(20)25-19(6-3-8-22(25)26)16-23(29-14-5-15-30-23)18-9-11-21(28-2)12-10-18/h3,8-12,19-20H,4-7,13-17H2,1-2H3/t19-,20+/m1/s1. The molecule has 0 spiro atoms. The third-order valence-electron chi connectivity index (χ3n) is 6.22. The summed E-state index contributed by atoms with van der Waals surface area (Å²) in [7, 11) is 3.37. The van der Waals surface area contributed by atoms with E-state index in [0.29, 0.717) is 26.2 Å². The lowest BCUT2D eigenvalue weighted by Crippen LogP contribution is -2.57. The van der Waals surface area contributed by atoms with Crippen LogP contribution in [-0.4, -0.2) is 68.6 Å². The third kappa shape index (κ3) is 4.25. The summed E-state index contributed by atoms with van der Waals surface area (Å²) in [5.41, 5.74) is 0.958. The number of carbonyl (C=O) groups excluding carboxylic acids is 1. The maximum absolute atomic E-state index is 13.0. The zero-order chi connectivity index (χ0) is 21.0. The highest BCUT2D eigenvalue weighted by molar-refractivity contribution is 5.88. The van der Waals surface area contributed by atoms with Gasteiger partial charge >= 0.3 is 0 Å². The summed E-state index contributed by atoms with van der Waals surface area (Å²) in [4.78, 5) is 13.0. The second-order valence-electron chi connectivity index (χ2n) is 8.13. The molecule has 4 rings (SSSR count). The van der Waals surface area contributed by atoms with Gasteiger partial charge in [0.1, 0.15) is 5.75 Å². The van der Waals surface area contributed by atoms with Gasteiger partial charge in [-0.05, 0) is 49.9 Å². The number of rotatable bonds is 7. The fraction of sp³-hybridized carbons (Fsp3) is 0.609. The van der Waals surface area contributed by atoms with Crippen LogP contribution in [-0.2, 0) is 24.8 Å². The lowest BCUT2D eigenvalue weighted by molar-refractivity contribution is -0.288. The number of hydrazine groups is 1. The Morgan fingerprint density at radius 1 is 1.10 bits per heavy atom. The van der Waals surface area contributed by atoms with Gasteiger partial charge in [-0.2, -0.15) is 0 Å². The van der Waals surface area contributed by atoms with Crippen LogP contribution >= 0.6 is 0 Å². The van der Waals surface area contributed by atoms with Crippen LogP contribution in [0.3, 0.4) is 0 Å². The van der Waals surface area contributed by atoms with E-state index in [9.17, 15) is 4.79 Å². The summed E-state index contributed by atoms with van der Waals surface area (Å²) in [6.45, 7) is 2.76. The molecule has 0 aliphatic carbocycles. The molecule has 1 aromatic carbocycles. The van der Waals surface area contributed by atoms with Gasteiger partial charge in [0.15, 0.2) is 5.79 Å². The highest BCUT2D eigenvalue weighted by atomic mass is 16.7. The van der Waals surface area contributed by atoms with Crippen LogP contribution in [0.4, 0.5) is 0 Å². The van der Waals surface area contributed by atoms with E-state index in [-0.39, 0.29) is 18.0 Å². The fourth-order valence-electron chi connectivity index (χ4n) is 4.79. The molecule has 0 bridgehead atoms. The first-order valence-corrected chi connectivity index (χ1v) is 10.8. The molecule has 1 amide bonds. The molecule has 0 N–H and O–H groups in total. The predicted octanol–water partition coefficient (Wildman–Crippen LogP) is 2.86. The molecule has 3 aliphatic heterocycles. The normalized spacial score (nSPS) is 26.9. The smallest absolute Gasteiger partial charge is 0.260 e. The van der Waals surface area contributed by atoms with Crippen molar-refractivity contribution in [2.45, 2.75) is 50.0 Å². The Morgan fingerprint density at radius 2 is 1.87 bits per heavy atom. The second-order valence-corrected chi connectivity index (χ2v) is 8.13. The molecule has 2 fully saturated rings. The van der Waals surface area contributed by atoms with Crippen LogP contribution in [0.1, 0.15) is 37.7 Å². The van der Waals surface area contributed by atoms with E-state index < -0.39 is 5.79 Å². The van der Waals surface area contributed by atoms with Crippen LogP contribution < -0.4 is 4.74 Å². The maximum Gasteiger partial charge on any atom is 0.260 e. The van der Waals surface area contributed by atoms with Gasteiger partial charge in [0.05, 0.1) is 39.0 Å². The second kappa shape index (κ2) is 9.47. The van der Waals surface area contributed by atoms with Crippen molar-refractivity contribution < 1.29 is 23.7 Å².